The van der Waals surface area contributed by atoms with Crippen LogP contribution in [0.5, 0.6) is 0 Å². The van der Waals surface area contributed by atoms with Gasteiger partial charge in [-0.1, -0.05) is 23.2 Å². The van der Waals surface area contributed by atoms with Gasteiger partial charge in [0.1, 0.15) is 22.2 Å². The summed E-state index contributed by atoms with van der Waals surface area (Å²) in [5.41, 5.74) is 1.87. The minimum atomic E-state index is -3.65. The van der Waals surface area contributed by atoms with Crippen molar-refractivity contribution in [1.29, 1.82) is 0 Å². The zero-order valence-electron chi connectivity index (χ0n) is 10.1. The van der Waals surface area contributed by atoms with Crippen LogP contribution in [0.3, 0.4) is 0 Å². The zero-order chi connectivity index (χ0) is 14.3. The first-order chi connectivity index (χ1) is 8.71. The molecular formula is C10H11Cl2N3O3S. The van der Waals surface area contributed by atoms with Gasteiger partial charge in [0.25, 0.3) is 0 Å². The topological polar surface area (TPSA) is 81.2 Å². The van der Waals surface area contributed by atoms with Crippen molar-refractivity contribution in [3.05, 3.63) is 33.3 Å². The number of halogens is 2. The molecule has 2 heterocycles. The normalized spacial score (nSPS) is 18.0. The van der Waals surface area contributed by atoms with Gasteiger partial charge in [-0.05, 0) is 19.9 Å². The van der Waals surface area contributed by atoms with Crippen LogP contribution in [0, 0.1) is 0 Å². The average Bonchev–Trinajstić information content (AvgIpc) is 2.65. The van der Waals surface area contributed by atoms with Crippen LogP contribution < -0.4 is 5.48 Å². The van der Waals surface area contributed by atoms with Crippen molar-refractivity contribution in [2.24, 2.45) is 0 Å². The average molecular weight is 324 g/mol. The number of hydrogen-bond acceptors (Lipinski definition) is 6. The van der Waals surface area contributed by atoms with Crippen molar-refractivity contribution in [2.45, 2.75) is 25.2 Å². The summed E-state index contributed by atoms with van der Waals surface area (Å²) in [5, 5.41) is 0.0122. The Bertz CT molecular complexity index is 623. The molecule has 0 unspecified atom stereocenters. The van der Waals surface area contributed by atoms with Crippen molar-refractivity contribution in [1.82, 2.24) is 15.4 Å². The SMILES string of the molecule is CC1(C)C=C(S(=O)(=O)Cc2c(Cl)ncnc2Cl)NO1. The molecule has 0 aromatic carbocycles. The predicted octanol–water partition coefficient (Wildman–Crippen LogP) is 1.85. The second-order valence-corrected chi connectivity index (χ2v) is 7.18. The molecule has 1 aromatic heterocycles. The second kappa shape index (κ2) is 4.90. The summed E-state index contributed by atoms with van der Waals surface area (Å²) in [6.45, 7) is 3.46. The Balaban J connectivity index is 2.33. The van der Waals surface area contributed by atoms with E-state index in [1.807, 2.05) is 0 Å². The lowest BCUT2D eigenvalue weighted by molar-refractivity contribution is -0.0129. The first kappa shape index (κ1) is 14.5. The summed E-state index contributed by atoms with van der Waals surface area (Å²) in [6.07, 6.45) is 2.65. The van der Waals surface area contributed by atoms with E-state index < -0.39 is 21.2 Å². The lowest BCUT2D eigenvalue weighted by atomic mass is 10.1. The maximum atomic E-state index is 12.2. The number of nitrogens with one attached hydrogen (secondary N) is 1. The molecule has 0 bridgehead atoms. The quantitative estimate of drug-likeness (QED) is 0.855. The zero-order valence-corrected chi connectivity index (χ0v) is 12.5. The highest BCUT2D eigenvalue weighted by Crippen LogP contribution is 2.27. The summed E-state index contributed by atoms with van der Waals surface area (Å²) in [6, 6.07) is 0. The smallest absolute Gasteiger partial charge is 0.199 e. The molecule has 9 heteroatoms. The van der Waals surface area contributed by atoms with Crippen molar-refractivity contribution in [2.75, 3.05) is 0 Å². The number of hydroxylamine groups is 1. The molecule has 1 aliphatic heterocycles. The van der Waals surface area contributed by atoms with E-state index in [0.29, 0.717) is 0 Å². The van der Waals surface area contributed by atoms with Gasteiger partial charge in [-0.2, -0.15) is 0 Å². The first-order valence-corrected chi connectivity index (χ1v) is 7.67. The summed E-state index contributed by atoms with van der Waals surface area (Å²) in [4.78, 5) is 12.5. The molecular weight excluding hydrogens is 313 g/mol. The Morgan fingerprint density at radius 2 is 1.89 bits per heavy atom. The van der Waals surface area contributed by atoms with E-state index in [1.54, 1.807) is 13.8 Å². The number of rotatable bonds is 3. The highest BCUT2D eigenvalue weighted by molar-refractivity contribution is 7.94. The van der Waals surface area contributed by atoms with Gasteiger partial charge in [-0.15, -0.1) is 0 Å². The number of nitrogens with zero attached hydrogens (tertiary/aromatic N) is 2. The first-order valence-electron chi connectivity index (χ1n) is 5.26. The van der Waals surface area contributed by atoms with E-state index in [0.717, 1.165) is 0 Å². The Hall–Kier alpha value is -0.890. The van der Waals surface area contributed by atoms with E-state index in [2.05, 4.69) is 15.4 Å². The van der Waals surface area contributed by atoms with Gasteiger partial charge in [0, 0.05) is 5.56 Å². The molecule has 1 N–H and O–H groups in total. The molecule has 0 saturated carbocycles. The highest BCUT2D eigenvalue weighted by atomic mass is 35.5. The molecule has 19 heavy (non-hydrogen) atoms. The Morgan fingerprint density at radius 3 is 2.37 bits per heavy atom. The number of sulfone groups is 1. The molecule has 0 spiro atoms. The Kier molecular flexibility index (Phi) is 3.74. The monoisotopic (exact) mass is 323 g/mol. The second-order valence-electron chi connectivity index (χ2n) is 4.51. The van der Waals surface area contributed by atoms with Crippen molar-refractivity contribution < 1.29 is 13.3 Å². The van der Waals surface area contributed by atoms with Crippen LogP contribution in [0.1, 0.15) is 19.4 Å². The third kappa shape index (κ3) is 3.17. The molecule has 0 saturated heterocycles. The summed E-state index contributed by atoms with van der Waals surface area (Å²) in [5.74, 6) is -0.399. The standard InChI is InChI=1S/C10H11Cl2N3O3S/c1-10(2)3-7(15-18-10)19(16,17)4-6-8(11)13-5-14-9(6)12/h3,5,15H,4H2,1-2H3. The fraction of sp³-hybridized carbons (Fsp3) is 0.400. The molecule has 6 nitrogen and oxygen atoms in total. The van der Waals surface area contributed by atoms with E-state index in [9.17, 15) is 8.42 Å². The fourth-order valence-corrected chi connectivity index (χ4v) is 3.52. The van der Waals surface area contributed by atoms with Gasteiger partial charge in [0.15, 0.2) is 14.9 Å². The summed E-state index contributed by atoms with van der Waals surface area (Å²) >= 11 is 11.7. The van der Waals surface area contributed by atoms with Gasteiger partial charge in [-0.25, -0.2) is 18.4 Å². The van der Waals surface area contributed by atoms with E-state index >= 15 is 0 Å². The van der Waals surface area contributed by atoms with Crippen LogP contribution in [-0.4, -0.2) is 24.0 Å². The third-order valence-electron chi connectivity index (χ3n) is 2.40. The van der Waals surface area contributed by atoms with Crippen LogP contribution >= 0.6 is 23.2 Å². The predicted molar refractivity (Wildman–Crippen MR) is 71.1 cm³/mol. The minimum absolute atomic E-state index is 0.0161. The van der Waals surface area contributed by atoms with Gasteiger partial charge >= 0.3 is 0 Å². The van der Waals surface area contributed by atoms with E-state index in [-0.39, 0.29) is 20.9 Å². The minimum Gasteiger partial charge on any atom is -0.265 e. The summed E-state index contributed by atoms with van der Waals surface area (Å²) < 4.78 is 24.4. The molecule has 104 valence electrons. The van der Waals surface area contributed by atoms with Gasteiger partial charge in [-0.3, -0.25) is 10.3 Å². The molecule has 2 rings (SSSR count). The van der Waals surface area contributed by atoms with Gasteiger partial charge in [0.05, 0.1) is 5.75 Å². The van der Waals surface area contributed by atoms with E-state index in [4.69, 9.17) is 28.0 Å². The largest absolute Gasteiger partial charge is 0.265 e. The molecule has 0 radical (unpaired) electrons. The van der Waals surface area contributed by atoms with Crippen molar-refractivity contribution >= 4 is 33.0 Å². The van der Waals surface area contributed by atoms with E-state index in [1.165, 1.54) is 12.4 Å². The maximum Gasteiger partial charge on any atom is 0.199 e. The van der Waals surface area contributed by atoms with Crippen LogP contribution in [0.15, 0.2) is 17.4 Å². The number of hydrogen-bond donors (Lipinski definition) is 1. The molecule has 0 aliphatic carbocycles. The maximum absolute atomic E-state index is 12.2. The number of aromatic nitrogens is 2. The molecule has 1 aliphatic rings. The third-order valence-corrected chi connectivity index (χ3v) is 4.59. The Morgan fingerprint density at radius 1 is 1.32 bits per heavy atom. The lowest BCUT2D eigenvalue weighted by Crippen LogP contribution is -2.22. The van der Waals surface area contributed by atoms with Gasteiger partial charge in [0.2, 0.25) is 0 Å². The van der Waals surface area contributed by atoms with Crippen LogP contribution in [-0.2, 0) is 20.4 Å². The highest BCUT2D eigenvalue weighted by Gasteiger charge is 2.32. The summed E-state index contributed by atoms with van der Waals surface area (Å²) in [7, 11) is -3.65. The van der Waals surface area contributed by atoms with Crippen molar-refractivity contribution in [3.63, 3.8) is 0 Å². The molecule has 1 aromatic rings. The molecule has 0 fully saturated rings. The van der Waals surface area contributed by atoms with Crippen LogP contribution in [0.4, 0.5) is 0 Å². The Labute approximate surface area is 120 Å². The van der Waals surface area contributed by atoms with Crippen LogP contribution in [0.2, 0.25) is 10.3 Å². The lowest BCUT2D eigenvalue weighted by Gasteiger charge is -2.11. The molecule has 0 amide bonds. The van der Waals surface area contributed by atoms with Crippen molar-refractivity contribution in [3.8, 4) is 0 Å². The van der Waals surface area contributed by atoms with Gasteiger partial charge < -0.3 is 0 Å². The van der Waals surface area contributed by atoms with Crippen LogP contribution in [0.25, 0.3) is 0 Å². The molecule has 0 atom stereocenters. The fourth-order valence-electron chi connectivity index (χ4n) is 1.47.